The van der Waals surface area contributed by atoms with E-state index in [4.69, 9.17) is 32.9 Å². The Labute approximate surface area is 279 Å². The van der Waals surface area contributed by atoms with Crippen molar-refractivity contribution in [3.8, 4) is 0 Å². The third-order valence-corrected chi connectivity index (χ3v) is 10.2. The van der Waals surface area contributed by atoms with Gasteiger partial charge in [-0.05, 0) is 66.9 Å². The number of nitrogens with zero attached hydrogens (tertiary/aromatic N) is 3. The number of benzene rings is 4. The molecule has 1 unspecified atom stereocenters. The minimum Gasteiger partial charge on any atom is -0.463 e. The molecule has 0 saturated carbocycles. The first-order chi connectivity index (χ1) is 22.3. The Hall–Kier alpha value is -4.43. The monoisotopic (exact) mass is 665 g/mol. The van der Waals surface area contributed by atoms with Crippen LogP contribution >= 0.6 is 34.5 Å². The quantitative estimate of drug-likeness (QED) is 0.172. The molecule has 1 aliphatic rings. The first-order valence-corrected chi connectivity index (χ1v) is 16.5. The predicted molar refractivity (Wildman–Crippen MR) is 187 cm³/mol. The maximum atomic E-state index is 14.5. The molecule has 0 fully saturated rings. The number of carbonyl (C=O) groups excluding carboxylic acids is 1. The van der Waals surface area contributed by atoms with Gasteiger partial charge in [-0.25, -0.2) is 9.79 Å². The summed E-state index contributed by atoms with van der Waals surface area (Å²) in [6.45, 7) is 6.44. The number of rotatable bonds is 6. The Kier molecular flexibility index (Phi) is 7.93. The highest BCUT2D eigenvalue weighted by Gasteiger charge is 2.34. The summed E-state index contributed by atoms with van der Waals surface area (Å²) < 4.78 is 9.91. The van der Waals surface area contributed by atoms with Crippen molar-refractivity contribution < 1.29 is 9.53 Å². The molecule has 230 valence electrons. The number of para-hydroxylation sites is 1. The molecule has 0 bridgehead atoms. The standard InChI is InChI=1S/C37H29Cl2N3O3S/c1-4-45-36(44)33-21(2)40-37-42(34(33)27-14-9-11-24-10-5-6-12-25(24)27)35(43)32(46-37)19-28-22(3)41(31-15-8-7-13-26(28)31)20-23-16-17-29(38)30(39)18-23/h5-19,34H,4,20H2,1-3H3. The molecule has 0 radical (unpaired) electrons. The zero-order valence-corrected chi connectivity index (χ0v) is 27.7. The summed E-state index contributed by atoms with van der Waals surface area (Å²) in [5, 5.41) is 4.03. The number of halogens is 2. The topological polar surface area (TPSA) is 65.6 Å². The lowest BCUT2D eigenvalue weighted by molar-refractivity contribution is -0.139. The molecule has 1 atom stereocenters. The highest BCUT2D eigenvalue weighted by Crippen LogP contribution is 2.35. The van der Waals surface area contributed by atoms with Crippen LogP contribution in [-0.4, -0.2) is 21.7 Å². The van der Waals surface area contributed by atoms with Gasteiger partial charge in [0.05, 0.1) is 38.5 Å². The van der Waals surface area contributed by atoms with E-state index in [1.54, 1.807) is 17.6 Å². The molecule has 6 aromatic rings. The summed E-state index contributed by atoms with van der Waals surface area (Å²) in [7, 11) is 0. The largest absolute Gasteiger partial charge is 0.463 e. The van der Waals surface area contributed by atoms with Gasteiger partial charge in [0.1, 0.15) is 0 Å². The van der Waals surface area contributed by atoms with E-state index in [1.807, 2.05) is 79.7 Å². The lowest BCUT2D eigenvalue weighted by atomic mass is 9.91. The average molecular weight is 667 g/mol. The van der Waals surface area contributed by atoms with Crippen LogP contribution in [0.15, 0.2) is 106 Å². The first kappa shape index (κ1) is 30.2. The number of hydrogen-bond donors (Lipinski definition) is 0. The van der Waals surface area contributed by atoms with E-state index < -0.39 is 12.0 Å². The number of ether oxygens (including phenoxy) is 1. The minimum atomic E-state index is -0.694. The number of hydrogen-bond acceptors (Lipinski definition) is 5. The molecule has 0 N–H and O–H groups in total. The molecule has 1 aliphatic heterocycles. The van der Waals surface area contributed by atoms with E-state index in [9.17, 15) is 9.59 Å². The summed E-state index contributed by atoms with van der Waals surface area (Å²) in [4.78, 5) is 33.2. The van der Waals surface area contributed by atoms with Crippen molar-refractivity contribution in [2.75, 3.05) is 6.61 Å². The number of aromatic nitrogens is 2. The summed E-state index contributed by atoms with van der Waals surface area (Å²) >= 11 is 13.8. The van der Waals surface area contributed by atoms with Crippen LogP contribution in [0.5, 0.6) is 0 Å². The van der Waals surface area contributed by atoms with E-state index in [2.05, 4.69) is 23.6 Å². The first-order valence-electron chi connectivity index (χ1n) is 15.0. The Morgan fingerprint density at radius 3 is 2.48 bits per heavy atom. The van der Waals surface area contributed by atoms with Gasteiger partial charge in [-0.1, -0.05) is 101 Å². The Morgan fingerprint density at radius 1 is 0.957 bits per heavy atom. The van der Waals surface area contributed by atoms with E-state index in [0.29, 0.717) is 37.2 Å². The molecule has 4 aromatic carbocycles. The molecule has 3 heterocycles. The van der Waals surface area contributed by atoms with Crippen LogP contribution in [0.3, 0.4) is 0 Å². The molecule has 2 aromatic heterocycles. The van der Waals surface area contributed by atoms with Crippen molar-refractivity contribution in [1.82, 2.24) is 9.13 Å². The maximum absolute atomic E-state index is 14.5. The number of thiazole rings is 1. The minimum absolute atomic E-state index is 0.211. The highest BCUT2D eigenvalue weighted by molar-refractivity contribution is 7.07. The van der Waals surface area contributed by atoms with Crippen molar-refractivity contribution >= 4 is 68.3 Å². The van der Waals surface area contributed by atoms with E-state index >= 15 is 0 Å². The second kappa shape index (κ2) is 12.1. The molecule has 0 amide bonds. The average Bonchev–Trinajstić information content (AvgIpc) is 3.50. The van der Waals surface area contributed by atoms with Gasteiger partial charge >= 0.3 is 5.97 Å². The molecule has 7 rings (SSSR count). The van der Waals surface area contributed by atoms with Crippen LogP contribution in [0.25, 0.3) is 27.8 Å². The Balaban J connectivity index is 1.44. The van der Waals surface area contributed by atoms with Gasteiger partial charge in [-0.2, -0.15) is 0 Å². The zero-order valence-electron chi connectivity index (χ0n) is 25.4. The van der Waals surface area contributed by atoms with Crippen molar-refractivity contribution in [1.29, 1.82) is 0 Å². The third-order valence-electron chi connectivity index (χ3n) is 8.51. The lowest BCUT2D eigenvalue weighted by Crippen LogP contribution is -2.40. The third kappa shape index (κ3) is 5.09. The predicted octanol–water partition coefficient (Wildman–Crippen LogP) is 7.57. The Bertz CT molecular complexity index is 2410. The fourth-order valence-electron chi connectivity index (χ4n) is 6.37. The Morgan fingerprint density at radius 2 is 1.70 bits per heavy atom. The SMILES string of the molecule is CCOC(=O)C1=C(C)N=c2sc(=Cc3c(C)n(Cc4ccc(Cl)c(Cl)c4)c4ccccc34)c(=O)n2C1c1cccc2ccccc12. The van der Waals surface area contributed by atoms with Crippen LogP contribution in [0.4, 0.5) is 0 Å². The van der Waals surface area contributed by atoms with Gasteiger partial charge in [0, 0.05) is 28.7 Å². The van der Waals surface area contributed by atoms with Crippen molar-refractivity contribution in [3.05, 3.63) is 148 Å². The van der Waals surface area contributed by atoms with Crippen LogP contribution < -0.4 is 14.9 Å². The smallest absolute Gasteiger partial charge is 0.338 e. The second-order valence-corrected chi connectivity index (χ2v) is 13.0. The van der Waals surface area contributed by atoms with E-state index in [0.717, 1.165) is 44.1 Å². The maximum Gasteiger partial charge on any atom is 0.338 e. The summed E-state index contributed by atoms with van der Waals surface area (Å²) in [5.41, 5.74) is 5.55. The molecule has 0 aliphatic carbocycles. The molecule has 0 spiro atoms. The van der Waals surface area contributed by atoms with Gasteiger partial charge in [0.25, 0.3) is 5.56 Å². The molecule has 0 saturated heterocycles. The van der Waals surface area contributed by atoms with Crippen LogP contribution in [0.1, 0.15) is 42.3 Å². The van der Waals surface area contributed by atoms with Gasteiger partial charge in [-0.15, -0.1) is 0 Å². The second-order valence-electron chi connectivity index (χ2n) is 11.2. The normalized spacial score (nSPS) is 15.0. The number of fused-ring (bicyclic) bond motifs is 3. The fraction of sp³-hybridized carbons (Fsp3) is 0.162. The van der Waals surface area contributed by atoms with E-state index in [1.165, 1.54) is 11.3 Å². The van der Waals surface area contributed by atoms with Crippen LogP contribution in [-0.2, 0) is 16.1 Å². The molecule has 6 nitrogen and oxygen atoms in total. The van der Waals surface area contributed by atoms with Crippen LogP contribution in [0.2, 0.25) is 10.0 Å². The van der Waals surface area contributed by atoms with Gasteiger partial charge in [0.15, 0.2) is 4.80 Å². The number of esters is 1. The number of allylic oxidation sites excluding steroid dienone is 1. The van der Waals surface area contributed by atoms with Crippen molar-refractivity contribution in [3.63, 3.8) is 0 Å². The molecular formula is C37H29Cl2N3O3S. The van der Waals surface area contributed by atoms with Crippen molar-refractivity contribution in [2.24, 2.45) is 4.99 Å². The van der Waals surface area contributed by atoms with Gasteiger partial charge in [0.2, 0.25) is 0 Å². The fourth-order valence-corrected chi connectivity index (χ4v) is 7.72. The number of carbonyl (C=O) groups is 1. The van der Waals surface area contributed by atoms with Gasteiger partial charge in [-0.3, -0.25) is 9.36 Å². The van der Waals surface area contributed by atoms with Gasteiger partial charge < -0.3 is 9.30 Å². The van der Waals surface area contributed by atoms with Crippen LogP contribution in [0, 0.1) is 6.92 Å². The van der Waals surface area contributed by atoms with E-state index in [-0.39, 0.29) is 12.2 Å². The summed E-state index contributed by atoms with van der Waals surface area (Å²) in [6.07, 6.45) is 1.95. The molecular weight excluding hydrogens is 637 g/mol. The highest BCUT2D eigenvalue weighted by atomic mass is 35.5. The lowest BCUT2D eigenvalue weighted by Gasteiger charge is -2.25. The van der Waals surface area contributed by atoms with Crippen molar-refractivity contribution in [2.45, 2.75) is 33.4 Å². The molecule has 46 heavy (non-hydrogen) atoms. The summed E-state index contributed by atoms with van der Waals surface area (Å²) in [5.74, 6) is -0.475. The molecule has 9 heteroatoms. The zero-order chi connectivity index (χ0) is 32.1. The summed E-state index contributed by atoms with van der Waals surface area (Å²) in [6, 6.07) is 27.1.